The Hall–Kier alpha value is -1.39. The first kappa shape index (κ1) is 8.22. The Morgan fingerprint density at radius 2 is 2.38 bits per heavy atom. The molecule has 0 spiro atoms. The molecule has 1 aromatic carbocycles. The summed E-state index contributed by atoms with van der Waals surface area (Å²) in [5.41, 5.74) is 2.70. The van der Waals surface area contributed by atoms with E-state index in [1.807, 2.05) is 18.2 Å². The molecule has 1 aromatic heterocycles. The minimum Gasteiger partial charge on any atom is -0.443 e. The number of rotatable bonds is 3. The van der Waals surface area contributed by atoms with Crippen molar-refractivity contribution >= 4 is 11.1 Å². The molecule has 68 valence electrons. The monoisotopic (exact) mass is 178 g/mol. The molecular weight excluding hydrogens is 168 g/mol. The van der Waals surface area contributed by atoms with Gasteiger partial charge < -0.3 is 9.52 Å². The molecule has 0 fully saturated rings. The number of aliphatic hydroxyl groups is 1. The Balaban J connectivity index is 2.26. The molecule has 0 atom stereocenters. The quantitative estimate of drug-likeness (QED) is 0.684. The summed E-state index contributed by atoms with van der Waals surface area (Å²) in [6.07, 6.45) is 1.42. The lowest BCUT2D eigenvalue weighted by Crippen LogP contribution is -2.13. The summed E-state index contributed by atoms with van der Waals surface area (Å²) >= 11 is 0. The van der Waals surface area contributed by atoms with E-state index in [1.165, 1.54) is 6.39 Å². The van der Waals surface area contributed by atoms with E-state index in [-0.39, 0.29) is 6.73 Å². The fourth-order valence-electron chi connectivity index (χ4n) is 1.21. The van der Waals surface area contributed by atoms with Crippen molar-refractivity contribution in [3.63, 3.8) is 0 Å². The zero-order valence-corrected chi connectivity index (χ0v) is 7.03. The topological polar surface area (TPSA) is 58.3 Å². The molecule has 0 bridgehead atoms. The summed E-state index contributed by atoms with van der Waals surface area (Å²) < 4.78 is 5.14. The van der Waals surface area contributed by atoms with Gasteiger partial charge in [0.1, 0.15) is 5.52 Å². The normalized spacial score (nSPS) is 10.8. The first-order chi connectivity index (χ1) is 6.40. The van der Waals surface area contributed by atoms with Gasteiger partial charge in [-0.05, 0) is 17.7 Å². The summed E-state index contributed by atoms with van der Waals surface area (Å²) in [5, 5.41) is 11.4. The van der Waals surface area contributed by atoms with Crippen molar-refractivity contribution in [3.05, 3.63) is 30.2 Å². The van der Waals surface area contributed by atoms with Gasteiger partial charge in [-0.1, -0.05) is 6.07 Å². The number of hydrogen-bond acceptors (Lipinski definition) is 4. The molecule has 0 unspecified atom stereocenters. The van der Waals surface area contributed by atoms with Crippen LogP contribution in [0.2, 0.25) is 0 Å². The van der Waals surface area contributed by atoms with Crippen molar-refractivity contribution < 1.29 is 9.52 Å². The first-order valence-electron chi connectivity index (χ1n) is 4.04. The van der Waals surface area contributed by atoms with Gasteiger partial charge in [-0.15, -0.1) is 0 Å². The highest BCUT2D eigenvalue weighted by molar-refractivity contribution is 5.72. The molecular formula is C9H10N2O2. The number of hydrogen-bond donors (Lipinski definition) is 2. The van der Waals surface area contributed by atoms with Crippen molar-refractivity contribution in [1.82, 2.24) is 10.3 Å². The highest BCUT2D eigenvalue weighted by atomic mass is 16.3. The molecule has 2 rings (SSSR count). The molecule has 1 heterocycles. The third-order valence-corrected chi connectivity index (χ3v) is 1.84. The Morgan fingerprint density at radius 1 is 1.46 bits per heavy atom. The van der Waals surface area contributed by atoms with Crippen LogP contribution in [0, 0.1) is 0 Å². The fraction of sp³-hybridized carbons (Fsp3) is 0.222. The Labute approximate surface area is 75.2 Å². The summed E-state index contributed by atoms with van der Waals surface area (Å²) in [6.45, 7) is 0.613. The molecule has 0 aliphatic carbocycles. The summed E-state index contributed by atoms with van der Waals surface area (Å²) in [4.78, 5) is 4.00. The van der Waals surface area contributed by atoms with E-state index in [0.717, 1.165) is 16.7 Å². The second-order valence-electron chi connectivity index (χ2n) is 2.74. The fourth-order valence-corrected chi connectivity index (χ4v) is 1.21. The minimum atomic E-state index is -0.0194. The SMILES string of the molecule is OCNCc1ccc2ncoc2c1. The van der Waals surface area contributed by atoms with Crippen LogP contribution >= 0.6 is 0 Å². The second kappa shape index (κ2) is 3.55. The molecule has 2 N–H and O–H groups in total. The smallest absolute Gasteiger partial charge is 0.181 e. The van der Waals surface area contributed by atoms with Gasteiger partial charge in [-0.25, -0.2) is 4.98 Å². The number of nitrogens with zero attached hydrogens (tertiary/aromatic N) is 1. The highest BCUT2D eigenvalue weighted by Gasteiger charge is 1.98. The van der Waals surface area contributed by atoms with Gasteiger partial charge in [0, 0.05) is 6.54 Å². The van der Waals surface area contributed by atoms with Crippen LogP contribution in [-0.2, 0) is 6.54 Å². The minimum absolute atomic E-state index is 0.0194. The maximum absolute atomic E-state index is 8.55. The van der Waals surface area contributed by atoms with Crippen LogP contribution < -0.4 is 5.32 Å². The predicted octanol–water partition coefficient (Wildman–Crippen LogP) is 0.867. The van der Waals surface area contributed by atoms with Crippen molar-refractivity contribution in [2.45, 2.75) is 6.54 Å². The van der Waals surface area contributed by atoms with Crippen molar-refractivity contribution in [1.29, 1.82) is 0 Å². The zero-order valence-electron chi connectivity index (χ0n) is 7.03. The van der Waals surface area contributed by atoms with Gasteiger partial charge in [0.25, 0.3) is 0 Å². The van der Waals surface area contributed by atoms with E-state index in [9.17, 15) is 0 Å². The lowest BCUT2D eigenvalue weighted by Gasteiger charge is -1.99. The number of benzene rings is 1. The van der Waals surface area contributed by atoms with E-state index in [2.05, 4.69) is 10.3 Å². The Bertz CT molecular complexity index is 397. The molecule has 2 aromatic rings. The zero-order chi connectivity index (χ0) is 9.10. The lowest BCUT2D eigenvalue weighted by molar-refractivity contribution is 0.259. The second-order valence-corrected chi connectivity index (χ2v) is 2.74. The van der Waals surface area contributed by atoms with E-state index in [4.69, 9.17) is 9.52 Å². The molecule has 0 aliphatic heterocycles. The molecule has 4 nitrogen and oxygen atoms in total. The maximum Gasteiger partial charge on any atom is 0.181 e. The standard InChI is InChI=1S/C9H10N2O2/c12-5-10-4-7-1-2-8-9(3-7)13-6-11-8/h1-3,6,10,12H,4-5H2. The van der Waals surface area contributed by atoms with Gasteiger partial charge >= 0.3 is 0 Å². The molecule has 13 heavy (non-hydrogen) atoms. The van der Waals surface area contributed by atoms with Crippen LogP contribution in [0.25, 0.3) is 11.1 Å². The van der Waals surface area contributed by atoms with Crippen LogP contribution in [0.5, 0.6) is 0 Å². The summed E-state index contributed by atoms with van der Waals surface area (Å²) in [6, 6.07) is 5.76. The summed E-state index contributed by atoms with van der Waals surface area (Å²) in [7, 11) is 0. The number of aliphatic hydroxyl groups excluding tert-OH is 1. The van der Waals surface area contributed by atoms with Gasteiger partial charge in [0.2, 0.25) is 0 Å². The Morgan fingerprint density at radius 3 is 3.23 bits per heavy atom. The van der Waals surface area contributed by atoms with Gasteiger partial charge in [-0.3, -0.25) is 5.32 Å². The molecule has 0 saturated carbocycles. The van der Waals surface area contributed by atoms with Crippen LogP contribution in [0.1, 0.15) is 5.56 Å². The van der Waals surface area contributed by atoms with Gasteiger partial charge in [0.05, 0.1) is 6.73 Å². The third kappa shape index (κ3) is 1.68. The molecule has 0 aliphatic rings. The van der Waals surface area contributed by atoms with Crippen molar-refractivity contribution in [2.24, 2.45) is 0 Å². The molecule has 0 radical (unpaired) electrons. The lowest BCUT2D eigenvalue weighted by atomic mass is 10.2. The molecule has 0 amide bonds. The Kier molecular flexibility index (Phi) is 2.25. The largest absolute Gasteiger partial charge is 0.443 e. The third-order valence-electron chi connectivity index (χ3n) is 1.84. The maximum atomic E-state index is 8.55. The van der Waals surface area contributed by atoms with Gasteiger partial charge in [0.15, 0.2) is 12.0 Å². The first-order valence-corrected chi connectivity index (χ1v) is 4.04. The number of fused-ring (bicyclic) bond motifs is 1. The predicted molar refractivity (Wildman–Crippen MR) is 47.9 cm³/mol. The van der Waals surface area contributed by atoms with Crippen LogP contribution in [0.3, 0.4) is 0 Å². The van der Waals surface area contributed by atoms with E-state index >= 15 is 0 Å². The van der Waals surface area contributed by atoms with Crippen LogP contribution in [0.15, 0.2) is 29.0 Å². The highest BCUT2D eigenvalue weighted by Crippen LogP contribution is 2.13. The van der Waals surface area contributed by atoms with E-state index in [0.29, 0.717) is 6.54 Å². The summed E-state index contributed by atoms with van der Waals surface area (Å²) in [5.74, 6) is 0. The van der Waals surface area contributed by atoms with Crippen LogP contribution in [0.4, 0.5) is 0 Å². The number of aromatic nitrogens is 1. The van der Waals surface area contributed by atoms with Crippen molar-refractivity contribution in [2.75, 3.05) is 6.73 Å². The van der Waals surface area contributed by atoms with Crippen molar-refractivity contribution in [3.8, 4) is 0 Å². The molecule has 0 saturated heterocycles. The van der Waals surface area contributed by atoms with Crippen LogP contribution in [-0.4, -0.2) is 16.8 Å². The number of nitrogens with one attached hydrogen (secondary N) is 1. The average Bonchev–Trinajstić information content (AvgIpc) is 2.61. The molecule has 4 heteroatoms. The van der Waals surface area contributed by atoms with E-state index in [1.54, 1.807) is 0 Å². The van der Waals surface area contributed by atoms with Gasteiger partial charge in [-0.2, -0.15) is 0 Å². The average molecular weight is 178 g/mol. The van der Waals surface area contributed by atoms with E-state index < -0.39 is 0 Å². The number of oxazole rings is 1.